The molecule has 1 aromatic carbocycles. The molecule has 7 nitrogen and oxygen atoms in total. The van der Waals surface area contributed by atoms with Crippen LogP contribution >= 0.6 is 0 Å². The molecule has 0 spiro atoms. The van der Waals surface area contributed by atoms with Gasteiger partial charge in [0, 0.05) is 12.7 Å². The number of carbonyl (C=O) groups is 1. The molecule has 1 amide bonds. The highest BCUT2D eigenvalue weighted by molar-refractivity contribution is 7.89. The quantitative estimate of drug-likeness (QED) is 0.780. The van der Waals surface area contributed by atoms with Gasteiger partial charge >= 0.3 is 0 Å². The lowest BCUT2D eigenvalue weighted by molar-refractivity contribution is 0.101. The third kappa shape index (κ3) is 3.23. The molecule has 0 fully saturated rings. The van der Waals surface area contributed by atoms with Crippen molar-refractivity contribution in [3.63, 3.8) is 0 Å². The van der Waals surface area contributed by atoms with Crippen molar-refractivity contribution in [1.82, 2.24) is 4.57 Å². The molecule has 1 heterocycles. The lowest BCUT2D eigenvalue weighted by Gasteiger charge is -2.10. The average Bonchev–Trinajstić information content (AvgIpc) is 2.79. The van der Waals surface area contributed by atoms with Crippen molar-refractivity contribution in [2.75, 3.05) is 11.1 Å². The van der Waals surface area contributed by atoms with E-state index in [-0.39, 0.29) is 10.6 Å². The molecule has 21 heavy (non-hydrogen) atoms. The number of nitrogen functional groups attached to an aromatic ring is 1. The summed E-state index contributed by atoms with van der Waals surface area (Å²) in [7, 11) is -3.92. The van der Waals surface area contributed by atoms with Crippen LogP contribution in [0.25, 0.3) is 0 Å². The summed E-state index contributed by atoms with van der Waals surface area (Å²) in [4.78, 5) is 12.1. The maximum absolute atomic E-state index is 12.3. The largest absolute Gasteiger partial charge is 0.397 e. The van der Waals surface area contributed by atoms with Gasteiger partial charge in [0.25, 0.3) is 5.91 Å². The van der Waals surface area contributed by atoms with Gasteiger partial charge in [0.15, 0.2) is 0 Å². The van der Waals surface area contributed by atoms with E-state index in [4.69, 9.17) is 10.9 Å². The Balaban J connectivity index is 2.37. The third-order valence-electron chi connectivity index (χ3n) is 2.93. The second-order valence-electron chi connectivity index (χ2n) is 4.44. The molecule has 2 aromatic rings. The van der Waals surface area contributed by atoms with Crippen molar-refractivity contribution in [2.45, 2.75) is 18.4 Å². The Morgan fingerprint density at radius 3 is 2.62 bits per heavy atom. The van der Waals surface area contributed by atoms with E-state index in [2.05, 4.69) is 5.32 Å². The summed E-state index contributed by atoms with van der Waals surface area (Å²) in [6.45, 7) is 2.44. The Bertz CT molecular complexity index is 780. The molecule has 0 saturated carbocycles. The number of nitrogens with one attached hydrogen (secondary N) is 1. The zero-order valence-corrected chi connectivity index (χ0v) is 12.2. The van der Waals surface area contributed by atoms with E-state index >= 15 is 0 Å². The van der Waals surface area contributed by atoms with Crippen LogP contribution in [0.1, 0.15) is 17.4 Å². The van der Waals surface area contributed by atoms with E-state index in [1.165, 1.54) is 24.3 Å². The molecule has 0 saturated heterocycles. The first-order chi connectivity index (χ1) is 9.82. The van der Waals surface area contributed by atoms with E-state index in [0.717, 1.165) is 0 Å². The lowest BCUT2D eigenvalue weighted by Crippen LogP contribution is -2.20. The van der Waals surface area contributed by atoms with Crippen molar-refractivity contribution in [2.24, 2.45) is 5.14 Å². The van der Waals surface area contributed by atoms with Crippen LogP contribution < -0.4 is 16.2 Å². The summed E-state index contributed by atoms with van der Waals surface area (Å²) < 4.78 is 24.7. The number of nitrogens with zero attached hydrogens (tertiary/aromatic N) is 1. The summed E-state index contributed by atoms with van der Waals surface area (Å²) in [6.07, 6.45) is 1.64. The lowest BCUT2D eigenvalue weighted by atomic mass is 10.3. The molecule has 1 aromatic heterocycles. The predicted octanol–water partition coefficient (Wildman–Crippen LogP) is 0.990. The maximum Gasteiger partial charge on any atom is 0.272 e. The summed E-state index contributed by atoms with van der Waals surface area (Å²) in [5.41, 5.74) is 6.61. The molecule has 0 aliphatic rings. The van der Waals surface area contributed by atoms with Gasteiger partial charge in [-0.05, 0) is 25.1 Å². The first kappa shape index (κ1) is 15.1. The van der Waals surface area contributed by atoms with Crippen molar-refractivity contribution in [3.05, 3.63) is 42.2 Å². The van der Waals surface area contributed by atoms with Crippen LogP contribution in [0.15, 0.2) is 41.4 Å². The van der Waals surface area contributed by atoms with E-state index < -0.39 is 15.9 Å². The maximum atomic E-state index is 12.3. The number of rotatable bonds is 4. The highest BCUT2D eigenvalue weighted by atomic mass is 32.2. The molecule has 5 N–H and O–H groups in total. The van der Waals surface area contributed by atoms with E-state index in [1.807, 2.05) is 6.92 Å². The Labute approximate surface area is 122 Å². The van der Waals surface area contributed by atoms with Gasteiger partial charge in [-0.3, -0.25) is 4.79 Å². The number of aryl methyl sites for hydroxylation is 1. The SMILES string of the molecule is CCn1cc(N)cc1C(=O)Nc1ccccc1S(N)(=O)=O. The van der Waals surface area contributed by atoms with E-state index in [0.29, 0.717) is 17.9 Å². The molecule has 0 aliphatic carbocycles. The van der Waals surface area contributed by atoms with Crippen molar-refractivity contribution in [1.29, 1.82) is 0 Å². The number of carbonyl (C=O) groups excluding carboxylic acids is 1. The van der Waals surface area contributed by atoms with Crippen molar-refractivity contribution >= 4 is 27.3 Å². The number of para-hydroxylation sites is 1. The highest BCUT2D eigenvalue weighted by Crippen LogP contribution is 2.21. The van der Waals surface area contributed by atoms with Gasteiger partial charge in [0.05, 0.1) is 11.4 Å². The number of sulfonamides is 1. The Hall–Kier alpha value is -2.32. The van der Waals surface area contributed by atoms with Crippen molar-refractivity contribution < 1.29 is 13.2 Å². The Kier molecular flexibility index (Phi) is 4.01. The smallest absolute Gasteiger partial charge is 0.272 e. The van der Waals surface area contributed by atoms with Crippen LogP contribution in [0, 0.1) is 0 Å². The first-order valence-corrected chi connectivity index (χ1v) is 7.76. The molecule has 0 radical (unpaired) electrons. The molecule has 2 rings (SSSR count). The minimum absolute atomic E-state index is 0.132. The number of hydrogen-bond donors (Lipinski definition) is 3. The summed E-state index contributed by atoms with van der Waals surface area (Å²) in [6, 6.07) is 7.47. The number of anilines is 2. The fraction of sp³-hybridized carbons (Fsp3) is 0.154. The fourth-order valence-electron chi connectivity index (χ4n) is 1.99. The van der Waals surface area contributed by atoms with Crippen LogP contribution in [0.3, 0.4) is 0 Å². The van der Waals surface area contributed by atoms with Crippen LogP contribution in [0.5, 0.6) is 0 Å². The minimum Gasteiger partial charge on any atom is -0.397 e. The van der Waals surface area contributed by atoms with Crippen LogP contribution in [0.4, 0.5) is 11.4 Å². The molecular weight excluding hydrogens is 292 g/mol. The molecule has 0 atom stereocenters. The molecule has 0 unspecified atom stereocenters. The number of benzene rings is 1. The van der Waals surface area contributed by atoms with E-state index in [1.54, 1.807) is 16.8 Å². The molecular formula is C13H16N4O3S. The predicted molar refractivity (Wildman–Crippen MR) is 80.3 cm³/mol. The van der Waals surface area contributed by atoms with E-state index in [9.17, 15) is 13.2 Å². The van der Waals surface area contributed by atoms with Gasteiger partial charge < -0.3 is 15.6 Å². The van der Waals surface area contributed by atoms with Gasteiger partial charge in [-0.25, -0.2) is 13.6 Å². The van der Waals surface area contributed by atoms with Crippen LogP contribution in [-0.4, -0.2) is 18.9 Å². The minimum atomic E-state index is -3.92. The van der Waals surface area contributed by atoms with Crippen LogP contribution in [0.2, 0.25) is 0 Å². The van der Waals surface area contributed by atoms with Gasteiger partial charge in [-0.1, -0.05) is 12.1 Å². The zero-order valence-electron chi connectivity index (χ0n) is 11.4. The Morgan fingerprint density at radius 1 is 1.33 bits per heavy atom. The normalized spacial score (nSPS) is 11.3. The number of nitrogens with two attached hydrogens (primary N) is 2. The summed E-state index contributed by atoms with van der Waals surface area (Å²) >= 11 is 0. The first-order valence-electron chi connectivity index (χ1n) is 6.21. The van der Waals surface area contributed by atoms with Gasteiger partial charge in [-0.2, -0.15) is 0 Å². The summed E-state index contributed by atoms with van der Waals surface area (Å²) in [5, 5.41) is 7.67. The number of amides is 1. The Morgan fingerprint density at radius 2 is 2.00 bits per heavy atom. The molecule has 0 bridgehead atoms. The average molecular weight is 308 g/mol. The van der Waals surface area contributed by atoms with Gasteiger partial charge in [0.1, 0.15) is 10.6 Å². The number of primary sulfonamides is 1. The highest BCUT2D eigenvalue weighted by Gasteiger charge is 2.17. The molecule has 8 heteroatoms. The van der Waals surface area contributed by atoms with Gasteiger partial charge in [-0.15, -0.1) is 0 Å². The standard InChI is InChI=1S/C13H16N4O3S/c1-2-17-8-9(14)7-11(17)13(18)16-10-5-3-4-6-12(10)21(15,19)20/h3-8H,2,14H2,1H3,(H,16,18)(H2,15,19,20). The number of hydrogen-bond acceptors (Lipinski definition) is 4. The monoisotopic (exact) mass is 308 g/mol. The molecule has 0 aliphatic heterocycles. The van der Waals surface area contributed by atoms with Crippen LogP contribution in [-0.2, 0) is 16.6 Å². The topological polar surface area (TPSA) is 120 Å². The third-order valence-corrected chi connectivity index (χ3v) is 3.90. The zero-order chi connectivity index (χ0) is 15.6. The second-order valence-corrected chi connectivity index (χ2v) is 5.97. The van der Waals surface area contributed by atoms with Gasteiger partial charge in [0.2, 0.25) is 10.0 Å². The van der Waals surface area contributed by atoms with Crippen molar-refractivity contribution in [3.8, 4) is 0 Å². The molecule has 112 valence electrons. The summed E-state index contributed by atoms with van der Waals surface area (Å²) in [5.74, 6) is -0.454. The number of aromatic nitrogens is 1. The fourth-order valence-corrected chi connectivity index (χ4v) is 2.68. The second kappa shape index (κ2) is 5.58.